The Morgan fingerprint density at radius 3 is 3.00 bits per heavy atom. The quantitative estimate of drug-likeness (QED) is 0.882. The highest BCUT2D eigenvalue weighted by Gasteiger charge is 2.30. The smallest absolute Gasteiger partial charge is 0.264 e. The molecule has 0 saturated heterocycles. The number of aromatic nitrogens is 2. The molecule has 26 heavy (non-hydrogen) atoms. The maximum atomic E-state index is 12.4. The van der Waals surface area contributed by atoms with Crippen LogP contribution in [0, 0.1) is 6.92 Å². The summed E-state index contributed by atoms with van der Waals surface area (Å²) < 4.78 is 12.5. The lowest BCUT2D eigenvalue weighted by molar-refractivity contribution is -0.131. The molecule has 0 radical (unpaired) electrons. The van der Waals surface area contributed by atoms with E-state index in [9.17, 15) is 4.79 Å². The molecule has 0 saturated carbocycles. The molecule has 1 atom stereocenters. The number of fused-ring (bicyclic) bond motifs is 1. The number of hydrogen-bond acceptors (Lipinski definition) is 6. The van der Waals surface area contributed by atoms with E-state index in [0.29, 0.717) is 18.7 Å². The van der Waals surface area contributed by atoms with Crippen LogP contribution in [0.1, 0.15) is 30.2 Å². The molecule has 1 aromatic heterocycles. The van der Waals surface area contributed by atoms with Gasteiger partial charge in [-0.05, 0) is 31.5 Å². The third-order valence-electron chi connectivity index (χ3n) is 4.45. The van der Waals surface area contributed by atoms with Gasteiger partial charge in [0.1, 0.15) is 0 Å². The molecule has 0 unspecified atom stereocenters. The van der Waals surface area contributed by atoms with Crippen molar-refractivity contribution in [1.82, 2.24) is 15.1 Å². The Bertz CT molecular complexity index is 874. The molecule has 2 aromatic rings. The molecule has 1 aromatic carbocycles. The average molecular weight is 356 g/mol. The molecule has 0 spiro atoms. The van der Waals surface area contributed by atoms with Crippen molar-refractivity contribution < 1.29 is 19.1 Å². The zero-order chi connectivity index (χ0) is 18.1. The summed E-state index contributed by atoms with van der Waals surface area (Å²) in [4.78, 5) is 17.7. The van der Waals surface area contributed by atoms with Crippen LogP contribution in [-0.2, 0) is 22.7 Å². The van der Waals surface area contributed by atoms with Crippen molar-refractivity contribution in [3.63, 3.8) is 0 Å². The minimum Gasteiger partial charge on any atom is -0.454 e. The number of carbonyl (C=O) groups is 1. The van der Waals surface area contributed by atoms with Crippen molar-refractivity contribution in [2.24, 2.45) is 5.16 Å². The number of nitrogens with one attached hydrogen (secondary N) is 1. The van der Waals surface area contributed by atoms with Gasteiger partial charge in [0, 0.05) is 31.3 Å². The fraction of sp³-hybridized carbons (Fsp3) is 0.389. The highest BCUT2D eigenvalue weighted by Crippen LogP contribution is 2.32. The molecule has 8 nitrogen and oxygen atoms in total. The Morgan fingerprint density at radius 2 is 2.19 bits per heavy atom. The third kappa shape index (κ3) is 3.10. The number of amides is 1. The van der Waals surface area contributed by atoms with Crippen LogP contribution < -0.4 is 14.8 Å². The minimum atomic E-state index is -0.622. The SMILES string of the molecule is CCn1cc(C2=NO[C@@H](C(=O)NCc3ccc4c(c3)OCO4)C2)c(C)n1. The molecule has 136 valence electrons. The van der Waals surface area contributed by atoms with Gasteiger partial charge in [0.15, 0.2) is 11.5 Å². The number of oxime groups is 1. The molecule has 0 aliphatic carbocycles. The second-order valence-corrected chi connectivity index (χ2v) is 6.23. The molecule has 8 heteroatoms. The first-order valence-electron chi connectivity index (χ1n) is 8.57. The van der Waals surface area contributed by atoms with E-state index in [-0.39, 0.29) is 12.7 Å². The van der Waals surface area contributed by atoms with Gasteiger partial charge in [-0.1, -0.05) is 11.2 Å². The number of hydrogen-bond donors (Lipinski definition) is 1. The topological polar surface area (TPSA) is 87.0 Å². The second kappa shape index (κ2) is 6.70. The van der Waals surface area contributed by atoms with Gasteiger partial charge in [-0.25, -0.2) is 0 Å². The molecule has 0 fully saturated rings. The Balaban J connectivity index is 1.34. The second-order valence-electron chi connectivity index (χ2n) is 6.23. The largest absolute Gasteiger partial charge is 0.454 e. The van der Waals surface area contributed by atoms with E-state index in [4.69, 9.17) is 14.3 Å². The normalized spacial score (nSPS) is 17.8. The minimum absolute atomic E-state index is 0.193. The van der Waals surface area contributed by atoms with Crippen LogP contribution in [0.3, 0.4) is 0 Å². The summed E-state index contributed by atoms with van der Waals surface area (Å²) in [6.45, 7) is 5.35. The molecule has 3 heterocycles. The van der Waals surface area contributed by atoms with E-state index in [0.717, 1.165) is 34.8 Å². The van der Waals surface area contributed by atoms with Gasteiger partial charge in [-0.3, -0.25) is 9.48 Å². The third-order valence-corrected chi connectivity index (χ3v) is 4.45. The van der Waals surface area contributed by atoms with Crippen molar-refractivity contribution in [3.8, 4) is 11.5 Å². The lowest BCUT2D eigenvalue weighted by Crippen LogP contribution is -2.34. The summed E-state index contributed by atoms with van der Waals surface area (Å²) in [5, 5.41) is 11.4. The van der Waals surface area contributed by atoms with Gasteiger partial charge in [-0.2, -0.15) is 5.10 Å². The van der Waals surface area contributed by atoms with Crippen LogP contribution >= 0.6 is 0 Å². The van der Waals surface area contributed by atoms with Gasteiger partial charge in [0.25, 0.3) is 5.91 Å². The summed E-state index contributed by atoms with van der Waals surface area (Å²) in [6.07, 6.45) is 1.75. The Hall–Kier alpha value is -3.03. The van der Waals surface area contributed by atoms with Crippen molar-refractivity contribution in [3.05, 3.63) is 41.2 Å². The molecule has 1 N–H and O–H groups in total. The first-order chi connectivity index (χ1) is 12.6. The highest BCUT2D eigenvalue weighted by atomic mass is 16.7. The Morgan fingerprint density at radius 1 is 1.35 bits per heavy atom. The van der Waals surface area contributed by atoms with Crippen LogP contribution in [0.15, 0.2) is 29.6 Å². The van der Waals surface area contributed by atoms with Gasteiger partial charge in [0.05, 0.1) is 11.4 Å². The highest BCUT2D eigenvalue weighted by molar-refractivity contribution is 6.04. The Labute approximate surface area is 150 Å². The predicted molar refractivity (Wildman–Crippen MR) is 93.1 cm³/mol. The average Bonchev–Trinajstić information content (AvgIpc) is 3.37. The summed E-state index contributed by atoms with van der Waals surface area (Å²) in [6, 6.07) is 5.60. The molecule has 2 aliphatic rings. The van der Waals surface area contributed by atoms with Gasteiger partial charge in [-0.15, -0.1) is 0 Å². The van der Waals surface area contributed by atoms with Crippen LogP contribution in [0.2, 0.25) is 0 Å². The monoisotopic (exact) mass is 356 g/mol. The molecular formula is C18H20N4O4. The standard InChI is InChI=1S/C18H20N4O4/c1-3-22-9-13(11(2)20-22)14-7-17(26-21-14)18(23)19-8-12-4-5-15-16(6-12)25-10-24-15/h4-6,9,17H,3,7-8,10H2,1-2H3,(H,19,23)/t17-/m1/s1. The maximum absolute atomic E-state index is 12.4. The van der Waals surface area contributed by atoms with Crippen LogP contribution in [0.25, 0.3) is 0 Å². The van der Waals surface area contributed by atoms with Gasteiger partial charge < -0.3 is 19.6 Å². The number of ether oxygens (including phenoxy) is 2. The summed E-state index contributed by atoms with van der Waals surface area (Å²) in [7, 11) is 0. The number of aryl methyl sites for hydroxylation is 2. The molecule has 0 bridgehead atoms. The van der Waals surface area contributed by atoms with E-state index in [2.05, 4.69) is 15.6 Å². The molecule has 1 amide bonds. The predicted octanol–water partition coefficient (Wildman–Crippen LogP) is 1.75. The van der Waals surface area contributed by atoms with E-state index in [1.807, 2.05) is 42.9 Å². The molecule has 2 aliphatic heterocycles. The molecular weight excluding hydrogens is 336 g/mol. The van der Waals surface area contributed by atoms with Crippen molar-refractivity contribution >= 4 is 11.6 Å². The first-order valence-corrected chi connectivity index (χ1v) is 8.57. The van der Waals surface area contributed by atoms with E-state index < -0.39 is 6.10 Å². The Kier molecular flexibility index (Phi) is 4.24. The number of benzene rings is 1. The lowest BCUT2D eigenvalue weighted by atomic mass is 10.1. The van der Waals surface area contributed by atoms with Crippen LogP contribution in [0.5, 0.6) is 11.5 Å². The maximum Gasteiger partial charge on any atom is 0.264 e. The van der Waals surface area contributed by atoms with Crippen molar-refractivity contribution in [1.29, 1.82) is 0 Å². The fourth-order valence-corrected chi connectivity index (χ4v) is 2.99. The fourth-order valence-electron chi connectivity index (χ4n) is 2.99. The van der Waals surface area contributed by atoms with Crippen LogP contribution in [-0.4, -0.2) is 34.3 Å². The van der Waals surface area contributed by atoms with Crippen molar-refractivity contribution in [2.75, 3.05) is 6.79 Å². The summed E-state index contributed by atoms with van der Waals surface area (Å²) in [5.41, 5.74) is 3.50. The number of rotatable bonds is 5. The van der Waals surface area contributed by atoms with Gasteiger partial charge >= 0.3 is 0 Å². The zero-order valence-electron chi connectivity index (χ0n) is 14.7. The summed E-state index contributed by atoms with van der Waals surface area (Å²) in [5.74, 6) is 1.23. The first kappa shape index (κ1) is 16.4. The number of carbonyl (C=O) groups excluding carboxylic acids is 1. The van der Waals surface area contributed by atoms with Gasteiger partial charge in [0.2, 0.25) is 12.9 Å². The summed E-state index contributed by atoms with van der Waals surface area (Å²) >= 11 is 0. The molecule has 4 rings (SSSR count). The van der Waals surface area contributed by atoms with Crippen LogP contribution in [0.4, 0.5) is 0 Å². The van der Waals surface area contributed by atoms with Crippen molar-refractivity contribution in [2.45, 2.75) is 39.5 Å². The van der Waals surface area contributed by atoms with E-state index >= 15 is 0 Å². The zero-order valence-corrected chi connectivity index (χ0v) is 14.7. The number of nitrogens with zero attached hydrogens (tertiary/aromatic N) is 3. The van der Waals surface area contributed by atoms with E-state index in [1.165, 1.54) is 0 Å². The van der Waals surface area contributed by atoms with E-state index in [1.54, 1.807) is 0 Å². The lowest BCUT2D eigenvalue weighted by Gasteiger charge is -2.10.